The lowest BCUT2D eigenvalue weighted by atomic mass is 10.2. The van der Waals surface area contributed by atoms with Crippen molar-refractivity contribution in [3.63, 3.8) is 0 Å². The monoisotopic (exact) mass is 358 g/mol. The first-order valence-corrected chi connectivity index (χ1v) is 8.82. The molecule has 4 rings (SSSR count). The highest BCUT2D eigenvalue weighted by Gasteiger charge is 2.44. The molecule has 1 spiro atoms. The first-order chi connectivity index (χ1) is 12.1. The minimum Gasteiger partial charge on any atom is -0.448 e. The van der Waals surface area contributed by atoms with Crippen LogP contribution in [0.25, 0.3) is 0 Å². The van der Waals surface area contributed by atoms with Crippen LogP contribution in [-0.2, 0) is 6.54 Å². The van der Waals surface area contributed by atoms with Crippen LogP contribution in [0, 0.1) is 0 Å². The summed E-state index contributed by atoms with van der Waals surface area (Å²) in [6.45, 7) is 0.360. The highest BCUT2D eigenvalue weighted by molar-refractivity contribution is 6.31. The normalized spacial score (nSPS) is 16.8. The van der Waals surface area contributed by atoms with E-state index in [2.05, 4.69) is 10.6 Å². The number of fused-ring (bicyclic) bond motifs is 1. The van der Waals surface area contributed by atoms with Crippen molar-refractivity contribution in [2.75, 3.05) is 5.32 Å². The highest BCUT2D eigenvalue weighted by Crippen LogP contribution is 2.47. The summed E-state index contributed by atoms with van der Waals surface area (Å²) in [4.78, 5) is 12.1. The summed E-state index contributed by atoms with van der Waals surface area (Å²) >= 11 is 6.09. The molecule has 0 saturated heterocycles. The molecule has 5 nitrogen and oxygen atoms in total. The SMILES string of the molecule is O=C(NCc1ccccc1Cl)Nc1ccc2c(c1)OC1(CCCC1)O2. The fraction of sp³-hybridized carbons (Fsp3) is 0.316. The standard InChI is InChI=1S/C19H19ClN2O3/c20-15-6-2-1-5-13(15)12-21-18(23)22-14-7-8-16-17(11-14)25-19(24-16)9-3-4-10-19/h1-2,5-8,11H,3-4,9-10,12H2,(H2,21,22,23). The third-order valence-electron chi connectivity index (χ3n) is 4.56. The molecule has 0 atom stereocenters. The number of benzene rings is 2. The van der Waals surface area contributed by atoms with E-state index in [0.717, 1.165) is 37.0 Å². The smallest absolute Gasteiger partial charge is 0.319 e. The maximum absolute atomic E-state index is 12.1. The molecule has 130 valence electrons. The van der Waals surface area contributed by atoms with E-state index in [1.54, 1.807) is 12.1 Å². The van der Waals surface area contributed by atoms with E-state index in [9.17, 15) is 4.79 Å². The van der Waals surface area contributed by atoms with Crippen molar-refractivity contribution in [2.45, 2.75) is 38.0 Å². The molecular formula is C19H19ClN2O3. The summed E-state index contributed by atoms with van der Waals surface area (Å²) in [5, 5.41) is 6.24. The first-order valence-electron chi connectivity index (χ1n) is 8.44. The van der Waals surface area contributed by atoms with Gasteiger partial charge >= 0.3 is 6.03 Å². The summed E-state index contributed by atoms with van der Waals surface area (Å²) in [6, 6.07) is 12.6. The second-order valence-corrected chi connectivity index (χ2v) is 6.79. The van der Waals surface area contributed by atoms with Gasteiger partial charge < -0.3 is 20.1 Å². The summed E-state index contributed by atoms with van der Waals surface area (Å²) in [7, 11) is 0. The molecule has 1 heterocycles. The number of urea groups is 1. The van der Waals surface area contributed by atoms with E-state index in [1.807, 2.05) is 30.3 Å². The van der Waals surface area contributed by atoms with Gasteiger partial charge in [-0.05, 0) is 36.6 Å². The van der Waals surface area contributed by atoms with Gasteiger partial charge in [0.15, 0.2) is 11.5 Å². The van der Waals surface area contributed by atoms with E-state index >= 15 is 0 Å². The quantitative estimate of drug-likeness (QED) is 0.835. The number of anilines is 1. The molecule has 0 radical (unpaired) electrons. The van der Waals surface area contributed by atoms with Crippen molar-refractivity contribution in [2.24, 2.45) is 0 Å². The molecule has 2 amide bonds. The van der Waals surface area contributed by atoms with Gasteiger partial charge in [0.2, 0.25) is 0 Å². The first kappa shape index (κ1) is 16.1. The zero-order chi connectivity index (χ0) is 17.3. The van der Waals surface area contributed by atoms with Gasteiger partial charge in [-0.15, -0.1) is 0 Å². The topological polar surface area (TPSA) is 59.6 Å². The zero-order valence-electron chi connectivity index (χ0n) is 13.7. The van der Waals surface area contributed by atoms with E-state index < -0.39 is 5.79 Å². The molecule has 1 saturated carbocycles. The molecule has 2 aromatic rings. The average Bonchev–Trinajstić information content (AvgIpc) is 3.20. The predicted octanol–water partition coefficient (Wildman–Crippen LogP) is 4.70. The fourth-order valence-corrected chi connectivity index (χ4v) is 3.48. The second-order valence-electron chi connectivity index (χ2n) is 6.38. The van der Waals surface area contributed by atoms with E-state index in [-0.39, 0.29) is 6.03 Å². The van der Waals surface area contributed by atoms with Gasteiger partial charge in [-0.1, -0.05) is 29.8 Å². The Morgan fingerprint density at radius 1 is 1.08 bits per heavy atom. The molecular weight excluding hydrogens is 340 g/mol. The Balaban J connectivity index is 1.37. The van der Waals surface area contributed by atoms with E-state index in [1.165, 1.54) is 0 Å². The number of hydrogen-bond donors (Lipinski definition) is 2. The van der Waals surface area contributed by atoms with Gasteiger partial charge in [0, 0.05) is 36.2 Å². The van der Waals surface area contributed by atoms with Crippen LogP contribution in [0.1, 0.15) is 31.2 Å². The maximum Gasteiger partial charge on any atom is 0.319 e. The number of carbonyl (C=O) groups is 1. The van der Waals surface area contributed by atoms with Crippen LogP contribution < -0.4 is 20.1 Å². The number of amides is 2. The number of halogens is 1. The lowest BCUT2D eigenvalue weighted by Crippen LogP contribution is -2.34. The van der Waals surface area contributed by atoms with Crippen molar-refractivity contribution in [3.05, 3.63) is 53.1 Å². The zero-order valence-corrected chi connectivity index (χ0v) is 14.4. The third-order valence-corrected chi connectivity index (χ3v) is 4.92. The number of hydrogen-bond acceptors (Lipinski definition) is 3. The summed E-state index contributed by atoms with van der Waals surface area (Å²) in [5.74, 6) is 0.933. The Hall–Kier alpha value is -2.40. The number of nitrogens with one attached hydrogen (secondary N) is 2. The van der Waals surface area contributed by atoms with Crippen molar-refractivity contribution in [1.29, 1.82) is 0 Å². The molecule has 2 aromatic carbocycles. The van der Waals surface area contributed by atoms with Crippen molar-refractivity contribution in [3.8, 4) is 11.5 Å². The fourth-order valence-electron chi connectivity index (χ4n) is 3.28. The van der Waals surface area contributed by atoms with Crippen LogP contribution in [0.4, 0.5) is 10.5 Å². The van der Waals surface area contributed by atoms with Gasteiger partial charge in [-0.25, -0.2) is 4.79 Å². The number of ether oxygens (including phenoxy) is 2. The summed E-state index contributed by atoms with van der Waals surface area (Å²) in [5.41, 5.74) is 1.53. The molecule has 25 heavy (non-hydrogen) atoms. The maximum atomic E-state index is 12.1. The molecule has 1 aliphatic carbocycles. The van der Waals surface area contributed by atoms with E-state index in [4.69, 9.17) is 21.1 Å². The minimum atomic E-state index is -0.493. The van der Waals surface area contributed by atoms with Crippen LogP contribution >= 0.6 is 11.6 Å². The molecule has 0 bridgehead atoms. The highest BCUT2D eigenvalue weighted by atomic mass is 35.5. The van der Waals surface area contributed by atoms with Crippen LogP contribution in [0.3, 0.4) is 0 Å². The van der Waals surface area contributed by atoms with Crippen molar-refractivity contribution in [1.82, 2.24) is 5.32 Å². The number of rotatable bonds is 3. The Morgan fingerprint density at radius 2 is 1.84 bits per heavy atom. The Kier molecular flexibility index (Phi) is 4.17. The summed E-state index contributed by atoms with van der Waals surface area (Å²) in [6.07, 6.45) is 4.04. The Morgan fingerprint density at radius 3 is 2.64 bits per heavy atom. The van der Waals surface area contributed by atoms with Crippen molar-refractivity contribution >= 4 is 23.3 Å². The molecule has 2 aliphatic rings. The van der Waals surface area contributed by atoms with Crippen LogP contribution in [0.5, 0.6) is 11.5 Å². The molecule has 0 aromatic heterocycles. The van der Waals surface area contributed by atoms with Gasteiger partial charge in [-0.3, -0.25) is 0 Å². The molecule has 6 heteroatoms. The third kappa shape index (κ3) is 3.37. The second kappa shape index (κ2) is 6.48. The Bertz CT molecular complexity index is 803. The average molecular weight is 359 g/mol. The van der Waals surface area contributed by atoms with Gasteiger partial charge in [0.25, 0.3) is 5.79 Å². The van der Waals surface area contributed by atoms with Gasteiger partial charge in [-0.2, -0.15) is 0 Å². The van der Waals surface area contributed by atoms with Gasteiger partial charge in [0.1, 0.15) is 0 Å². The molecule has 0 unspecified atom stereocenters. The number of carbonyl (C=O) groups excluding carboxylic acids is 1. The largest absolute Gasteiger partial charge is 0.448 e. The van der Waals surface area contributed by atoms with Crippen molar-refractivity contribution < 1.29 is 14.3 Å². The Labute approximate surface area is 151 Å². The molecule has 1 fully saturated rings. The lowest BCUT2D eigenvalue weighted by molar-refractivity contribution is -0.0716. The van der Waals surface area contributed by atoms with E-state index in [0.29, 0.717) is 23.0 Å². The van der Waals surface area contributed by atoms with Gasteiger partial charge in [0.05, 0.1) is 0 Å². The minimum absolute atomic E-state index is 0.297. The molecule has 2 N–H and O–H groups in total. The lowest BCUT2D eigenvalue weighted by Gasteiger charge is -2.21. The predicted molar refractivity (Wildman–Crippen MR) is 96.2 cm³/mol. The van der Waals surface area contributed by atoms with Crippen LogP contribution in [0.2, 0.25) is 5.02 Å². The van der Waals surface area contributed by atoms with Crippen LogP contribution in [-0.4, -0.2) is 11.8 Å². The molecule has 1 aliphatic heterocycles. The summed E-state index contributed by atoms with van der Waals surface area (Å²) < 4.78 is 12.0. The van der Waals surface area contributed by atoms with Crippen LogP contribution in [0.15, 0.2) is 42.5 Å².